The lowest BCUT2D eigenvalue weighted by Crippen LogP contribution is -2.11. The van der Waals surface area contributed by atoms with E-state index in [0.717, 1.165) is 24.1 Å². The molecule has 0 bridgehead atoms. The largest absolute Gasteiger partial charge is 0.264 e. The summed E-state index contributed by atoms with van der Waals surface area (Å²) >= 11 is 6.16. The molecule has 0 aliphatic heterocycles. The highest BCUT2D eigenvalue weighted by atomic mass is 35.5. The second kappa shape index (κ2) is 6.04. The van der Waals surface area contributed by atoms with E-state index in [-0.39, 0.29) is 0 Å². The van der Waals surface area contributed by atoms with E-state index in [9.17, 15) is 0 Å². The Hall–Kier alpha value is -2.34. The molecule has 23 heavy (non-hydrogen) atoms. The van der Waals surface area contributed by atoms with Crippen molar-refractivity contribution in [1.82, 2.24) is 29.7 Å². The molecule has 1 aliphatic rings. The topological polar surface area (TPSA) is 69.4 Å². The van der Waals surface area contributed by atoms with E-state index in [2.05, 4.69) is 19.9 Å². The third-order valence-electron chi connectivity index (χ3n) is 4.09. The van der Waals surface area contributed by atoms with Crippen LogP contribution >= 0.6 is 11.6 Å². The first kappa shape index (κ1) is 14.3. The van der Waals surface area contributed by atoms with Crippen molar-refractivity contribution in [3.63, 3.8) is 0 Å². The third kappa shape index (κ3) is 2.70. The molecule has 6 nitrogen and oxygen atoms in total. The molecule has 0 N–H and O–H groups in total. The average molecular weight is 327 g/mol. The van der Waals surface area contributed by atoms with Gasteiger partial charge in [-0.25, -0.2) is 19.9 Å². The summed E-state index contributed by atoms with van der Waals surface area (Å²) in [6.07, 6.45) is 11.1. The Labute approximate surface area is 138 Å². The van der Waals surface area contributed by atoms with Crippen LogP contribution in [0.3, 0.4) is 0 Å². The molecule has 0 spiro atoms. The summed E-state index contributed by atoms with van der Waals surface area (Å²) in [7, 11) is 0. The summed E-state index contributed by atoms with van der Waals surface area (Å²) in [6.45, 7) is 0.564. The van der Waals surface area contributed by atoms with E-state index >= 15 is 0 Å². The highest BCUT2D eigenvalue weighted by Crippen LogP contribution is 2.30. The van der Waals surface area contributed by atoms with Crippen LogP contribution in [-0.2, 0) is 19.4 Å². The summed E-state index contributed by atoms with van der Waals surface area (Å²) in [6, 6.07) is 1.81. The Morgan fingerprint density at radius 3 is 2.74 bits per heavy atom. The lowest BCUT2D eigenvalue weighted by atomic mass is 9.95. The fourth-order valence-electron chi connectivity index (χ4n) is 3.01. The second-order valence-corrected chi connectivity index (χ2v) is 5.91. The average Bonchev–Trinajstić information content (AvgIpc) is 2.97. The number of nitrogens with zero attached hydrogens (tertiary/aromatic N) is 6. The summed E-state index contributed by atoms with van der Waals surface area (Å²) in [5, 5.41) is 5.25. The predicted octanol–water partition coefficient (Wildman–Crippen LogP) is 2.71. The molecule has 0 saturated carbocycles. The first-order valence-electron chi connectivity index (χ1n) is 7.63. The van der Waals surface area contributed by atoms with Gasteiger partial charge < -0.3 is 0 Å². The van der Waals surface area contributed by atoms with E-state index in [1.54, 1.807) is 18.6 Å². The minimum atomic E-state index is 0.470. The minimum absolute atomic E-state index is 0.470. The highest BCUT2D eigenvalue weighted by molar-refractivity contribution is 6.30. The molecule has 1 aliphatic carbocycles. The highest BCUT2D eigenvalue weighted by Gasteiger charge is 2.23. The molecule has 0 atom stereocenters. The van der Waals surface area contributed by atoms with Gasteiger partial charge in [0.2, 0.25) is 0 Å². The Morgan fingerprint density at radius 1 is 1.09 bits per heavy atom. The zero-order valence-corrected chi connectivity index (χ0v) is 13.2. The molecule has 3 aromatic rings. The molecular formula is C16H15ClN6. The van der Waals surface area contributed by atoms with Crippen molar-refractivity contribution < 1.29 is 0 Å². The molecule has 0 amide bonds. The van der Waals surface area contributed by atoms with Crippen molar-refractivity contribution in [2.75, 3.05) is 0 Å². The summed E-state index contributed by atoms with van der Waals surface area (Å²) in [4.78, 5) is 16.8. The number of halogens is 1. The van der Waals surface area contributed by atoms with Crippen LogP contribution in [0.2, 0.25) is 5.15 Å². The van der Waals surface area contributed by atoms with Crippen molar-refractivity contribution in [1.29, 1.82) is 0 Å². The van der Waals surface area contributed by atoms with E-state index in [1.165, 1.54) is 30.4 Å². The van der Waals surface area contributed by atoms with Gasteiger partial charge in [-0.3, -0.25) is 4.68 Å². The number of hydrogen-bond acceptors (Lipinski definition) is 5. The van der Waals surface area contributed by atoms with Crippen LogP contribution in [0.1, 0.15) is 29.7 Å². The number of fused-ring (bicyclic) bond motifs is 1. The molecule has 116 valence electrons. The predicted molar refractivity (Wildman–Crippen MR) is 86.0 cm³/mol. The molecule has 4 rings (SSSR count). The van der Waals surface area contributed by atoms with Gasteiger partial charge in [-0.15, -0.1) is 0 Å². The smallest absolute Gasteiger partial charge is 0.180 e. The number of aromatic nitrogens is 6. The van der Waals surface area contributed by atoms with Crippen LogP contribution in [0.5, 0.6) is 0 Å². The van der Waals surface area contributed by atoms with E-state index in [0.29, 0.717) is 17.5 Å². The first-order valence-corrected chi connectivity index (χ1v) is 8.01. The lowest BCUT2D eigenvalue weighted by Gasteiger charge is -2.14. The molecular weight excluding hydrogens is 312 g/mol. The number of rotatable bonds is 3. The lowest BCUT2D eigenvalue weighted by molar-refractivity contribution is 0.594. The molecule has 0 unspecified atom stereocenters. The maximum atomic E-state index is 6.16. The van der Waals surface area contributed by atoms with Crippen LogP contribution in [0.4, 0.5) is 0 Å². The van der Waals surface area contributed by atoms with Gasteiger partial charge in [-0.05, 0) is 31.7 Å². The Bertz CT molecular complexity index is 830. The minimum Gasteiger partial charge on any atom is -0.264 e. The van der Waals surface area contributed by atoms with E-state index < -0.39 is 0 Å². The molecule has 7 heteroatoms. The summed E-state index contributed by atoms with van der Waals surface area (Å²) < 4.78 is 2.00. The maximum absolute atomic E-state index is 6.16. The molecule has 0 radical (unpaired) electrons. The molecule has 0 aromatic carbocycles. The van der Waals surface area contributed by atoms with Gasteiger partial charge in [0.15, 0.2) is 5.82 Å². The van der Waals surface area contributed by atoms with Gasteiger partial charge in [0, 0.05) is 35.4 Å². The quantitative estimate of drug-likeness (QED) is 0.692. The van der Waals surface area contributed by atoms with Gasteiger partial charge in [-0.2, -0.15) is 5.10 Å². The molecule has 0 saturated heterocycles. The van der Waals surface area contributed by atoms with Crippen LogP contribution in [-0.4, -0.2) is 29.7 Å². The van der Waals surface area contributed by atoms with Gasteiger partial charge in [0.25, 0.3) is 0 Å². The molecule has 0 fully saturated rings. The fraction of sp³-hybridized carbons (Fsp3) is 0.312. The van der Waals surface area contributed by atoms with Crippen molar-refractivity contribution in [3.05, 3.63) is 53.0 Å². The summed E-state index contributed by atoms with van der Waals surface area (Å²) in [5.74, 6) is 0.680. The van der Waals surface area contributed by atoms with Gasteiger partial charge in [-0.1, -0.05) is 11.6 Å². The molecule has 3 heterocycles. The zero-order chi connectivity index (χ0) is 15.6. The van der Waals surface area contributed by atoms with Crippen LogP contribution in [0.15, 0.2) is 31.0 Å². The summed E-state index contributed by atoms with van der Waals surface area (Å²) in [5.41, 5.74) is 4.26. The van der Waals surface area contributed by atoms with Gasteiger partial charge >= 0.3 is 0 Å². The van der Waals surface area contributed by atoms with Crippen molar-refractivity contribution in [2.24, 2.45) is 0 Å². The van der Waals surface area contributed by atoms with Crippen LogP contribution in [0.25, 0.3) is 11.5 Å². The standard InChI is InChI=1S/C16H15ClN6/c17-15-11(8-18-10-21-15)9-23-13-5-2-1-4-12(13)14(22-23)16-19-6-3-7-20-16/h3,6-8,10H,1-2,4-5,9H2. The monoisotopic (exact) mass is 326 g/mol. The van der Waals surface area contributed by atoms with Gasteiger partial charge in [0.1, 0.15) is 17.2 Å². The molecule has 3 aromatic heterocycles. The third-order valence-corrected chi connectivity index (χ3v) is 4.43. The normalized spacial score (nSPS) is 13.8. The van der Waals surface area contributed by atoms with Crippen molar-refractivity contribution >= 4 is 11.6 Å². The Morgan fingerprint density at radius 2 is 1.91 bits per heavy atom. The van der Waals surface area contributed by atoms with Crippen molar-refractivity contribution in [3.8, 4) is 11.5 Å². The van der Waals surface area contributed by atoms with E-state index in [1.807, 2.05) is 10.7 Å². The number of hydrogen-bond donors (Lipinski definition) is 0. The maximum Gasteiger partial charge on any atom is 0.180 e. The van der Waals surface area contributed by atoms with E-state index in [4.69, 9.17) is 16.7 Å². The van der Waals surface area contributed by atoms with Crippen molar-refractivity contribution in [2.45, 2.75) is 32.2 Å². The van der Waals surface area contributed by atoms with Gasteiger partial charge in [0.05, 0.1) is 6.54 Å². The Balaban J connectivity index is 1.79. The fourth-order valence-corrected chi connectivity index (χ4v) is 3.17. The first-order chi connectivity index (χ1) is 11.3. The zero-order valence-electron chi connectivity index (χ0n) is 12.5. The van der Waals surface area contributed by atoms with Crippen LogP contribution in [0, 0.1) is 0 Å². The Kier molecular flexibility index (Phi) is 3.75. The second-order valence-electron chi connectivity index (χ2n) is 5.55. The SMILES string of the molecule is Clc1ncncc1Cn1nc(-c2ncccn2)c2c1CCCC2. The van der Waals surface area contributed by atoms with Crippen LogP contribution < -0.4 is 0 Å².